The lowest BCUT2D eigenvalue weighted by atomic mass is 10.1. The maximum absolute atomic E-state index is 12.1. The highest BCUT2D eigenvalue weighted by atomic mass is 16.5. The number of hydrogen-bond acceptors (Lipinski definition) is 3. The molecule has 104 valence electrons. The molecule has 0 saturated heterocycles. The molecule has 2 amide bonds. The van der Waals surface area contributed by atoms with Crippen LogP contribution in [0.1, 0.15) is 18.1 Å². The molecular weight excluding hydrogens is 254 g/mol. The van der Waals surface area contributed by atoms with Gasteiger partial charge in [0.15, 0.2) is 0 Å². The fourth-order valence-electron chi connectivity index (χ4n) is 2.32. The van der Waals surface area contributed by atoms with E-state index in [4.69, 9.17) is 4.74 Å². The lowest BCUT2D eigenvalue weighted by Crippen LogP contribution is -2.30. The number of ether oxygens (including phenoxy) is 1. The summed E-state index contributed by atoms with van der Waals surface area (Å²) < 4.78 is 5.19. The molecule has 1 aromatic rings. The van der Waals surface area contributed by atoms with Crippen molar-refractivity contribution in [2.24, 2.45) is 0 Å². The highest BCUT2D eigenvalue weighted by molar-refractivity contribution is 6.20. The molecule has 0 fully saturated rings. The van der Waals surface area contributed by atoms with Gasteiger partial charge in [0.2, 0.25) is 0 Å². The number of benzene rings is 1. The summed E-state index contributed by atoms with van der Waals surface area (Å²) in [6, 6.07) is 5.61. The minimum absolute atomic E-state index is 0.252. The minimum Gasteiger partial charge on any atom is -0.496 e. The zero-order valence-corrected chi connectivity index (χ0v) is 11.9. The van der Waals surface area contributed by atoms with Crippen molar-refractivity contribution in [2.75, 3.05) is 7.11 Å². The van der Waals surface area contributed by atoms with E-state index < -0.39 is 0 Å². The van der Waals surface area contributed by atoms with Crippen LogP contribution in [0.2, 0.25) is 0 Å². The Bertz CT molecular complexity index is 629. The van der Waals surface area contributed by atoms with Gasteiger partial charge in [-0.3, -0.25) is 14.5 Å². The van der Waals surface area contributed by atoms with Crippen LogP contribution in [-0.4, -0.2) is 23.8 Å². The number of amides is 2. The second-order valence-corrected chi connectivity index (χ2v) is 4.74. The van der Waals surface area contributed by atoms with Crippen LogP contribution in [0.4, 0.5) is 0 Å². The number of rotatable bonds is 4. The zero-order chi connectivity index (χ0) is 14.9. The van der Waals surface area contributed by atoms with Gasteiger partial charge < -0.3 is 4.74 Å². The van der Waals surface area contributed by atoms with E-state index in [1.807, 2.05) is 25.1 Å². The SMILES string of the molecule is C=CC1=C(C)C(=O)N(Cc2ccc(OC)c(C)c2)C1=O. The Kier molecular flexibility index (Phi) is 3.74. The standard InChI is InChI=1S/C16H17NO3/c1-5-13-11(3)15(18)17(16(13)19)9-12-6-7-14(20-4)10(2)8-12/h5-8H,1,9H2,2-4H3. The van der Waals surface area contributed by atoms with E-state index in [1.165, 1.54) is 11.0 Å². The molecule has 0 radical (unpaired) electrons. The monoisotopic (exact) mass is 271 g/mol. The second kappa shape index (κ2) is 5.33. The molecule has 0 aromatic heterocycles. The van der Waals surface area contributed by atoms with E-state index in [9.17, 15) is 9.59 Å². The Balaban J connectivity index is 2.24. The molecule has 1 aromatic carbocycles. The fraction of sp³-hybridized carbons (Fsp3) is 0.250. The van der Waals surface area contributed by atoms with Gasteiger partial charge in [-0.25, -0.2) is 0 Å². The number of methoxy groups -OCH3 is 1. The molecule has 4 nitrogen and oxygen atoms in total. The van der Waals surface area contributed by atoms with Crippen LogP contribution >= 0.6 is 0 Å². The number of carbonyl (C=O) groups excluding carboxylic acids is 2. The van der Waals surface area contributed by atoms with Gasteiger partial charge in [-0.15, -0.1) is 0 Å². The van der Waals surface area contributed by atoms with Crippen molar-refractivity contribution < 1.29 is 14.3 Å². The maximum Gasteiger partial charge on any atom is 0.261 e. The van der Waals surface area contributed by atoms with E-state index in [2.05, 4.69) is 6.58 Å². The lowest BCUT2D eigenvalue weighted by molar-refractivity contribution is -0.138. The van der Waals surface area contributed by atoms with Crippen molar-refractivity contribution in [3.63, 3.8) is 0 Å². The summed E-state index contributed by atoms with van der Waals surface area (Å²) in [4.78, 5) is 25.4. The van der Waals surface area contributed by atoms with Gasteiger partial charge in [0.1, 0.15) is 5.75 Å². The lowest BCUT2D eigenvalue weighted by Gasteiger charge is -2.16. The second-order valence-electron chi connectivity index (χ2n) is 4.74. The third-order valence-corrected chi connectivity index (χ3v) is 3.45. The van der Waals surface area contributed by atoms with Crippen LogP contribution in [0.25, 0.3) is 0 Å². The van der Waals surface area contributed by atoms with Crippen molar-refractivity contribution >= 4 is 11.8 Å². The van der Waals surface area contributed by atoms with E-state index in [0.29, 0.717) is 11.1 Å². The molecule has 0 spiro atoms. The van der Waals surface area contributed by atoms with Gasteiger partial charge >= 0.3 is 0 Å². The first-order valence-electron chi connectivity index (χ1n) is 6.32. The Morgan fingerprint density at radius 3 is 2.45 bits per heavy atom. The average Bonchev–Trinajstić information content (AvgIpc) is 2.63. The smallest absolute Gasteiger partial charge is 0.261 e. The van der Waals surface area contributed by atoms with E-state index in [1.54, 1.807) is 14.0 Å². The van der Waals surface area contributed by atoms with Gasteiger partial charge in [-0.2, -0.15) is 0 Å². The van der Waals surface area contributed by atoms with Crippen LogP contribution in [0.15, 0.2) is 42.0 Å². The normalized spacial score (nSPS) is 15.1. The van der Waals surface area contributed by atoms with Gasteiger partial charge in [-0.1, -0.05) is 24.8 Å². The van der Waals surface area contributed by atoms with Crippen molar-refractivity contribution in [1.29, 1.82) is 0 Å². The summed E-state index contributed by atoms with van der Waals surface area (Å²) >= 11 is 0. The summed E-state index contributed by atoms with van der Waals surface area (Å²) in [5, 5.41) is 0. The molecular formula is C16H17NO3. The van der Waals surface area contributed by atoms with Gasteiger partial charge in [-0.05, 0) is 31.0 Å². The van der Waals surface area contributed by atoms with Crippen molar-refractivity contribution in [2.45, 2.75) is 20.4 Å². The van der Waals surface area contributed by atoms with Crippen LogP contribution in [0.3, 0.4) is 0 Å². The Morgan fingerprint density at radius 2 is 1.95 bits per heavy atom. The van der Waals surface area contributed by atoms with Crippen molar-refractivity contribution in [3.8, 4) is 5.75 Å². The quantitative estimate of drug-likeness (QED) is 0.790. The molecule has 20 heavy (non-hydrogen) atoms. The summed E-state index contributed by atoms with van der Waals surface area (Å²) in [6.45, 7) is 7.42. The molecule has 0 atom stereocenters. The van der Waals surface area contributed by atoms with Gasteiger partial charge in [0, 0.05) is 11.1 Å². The number of nitrogens with zero attached hydrogens (tertiary/aromatic N) is 1. The Hall–Kier alpha value is -2.36. The third-order valence-electron chi connectivity index (χ3n) is 3.45. The average molecular weight is 271 g/mol. The van der Waals surface area contributed by atoms with Crippen molar-refractivity contribution in [1.82, 2.24) is 4.90 Å². The predicted molar refractivity (Wildman–Crippen MR) is 76.2 cm³/mol. The van der Waals surface area contributed by atoms with Gasteiger partial charge in [0.05, 0.1) is 13.7 Å². The number of hydrogen-bond donors (Lipinski definition) is 0. The highest BCUT2D eigenvalue weighted by Crippen LogP contribution is 2.25. The molecule has 0 N–H and O–H groups in total. The molecule has 0 bridgehead atoms. The molecule has 0 aliphatic carbocycles. The summed E-state index contributed by atoms with van der Waals surface area (Å²) in [6.07, 6.45) is 1.44. The van der Waals surface area contributed by atoms with Crippen LogP contribution < -0.4 is 4.74 Å². The zero-order valence-electron chi connectivity index (χ0n) is 11.9. The van der Waals surface area contributed by atoms with E-state index in [0.717, 1.165) is 16.9 Å². The number of carbonyl (C=O) groups is 2. The maximum atomic E-state index is 12.1. The van der Waals surface area contributed by atoms with Crippen LogP contribution in [0, 0.1) is 6.92 Å². The molecule has 0 unspecified atom stereocenters. The fourth-order valence-corrected chi connectivity index (χ4v) is 2.32. The summed E-state index contributed by atoms with van der Waals surface area (Å²) in [7, 11) is 1.61. The first-order valence-corrected chi connectivity index (χ1v) is 6.32. The molecule has 4 heteroatoms. The first kappa shape index (κ1) is 14.1. The predicted octanol–water partition coefficient (Wildman–Crippen LogP) is 2.37. The Morgan fingerprint density at radius 1 is 1.25 bits per heavy atom. The first-order chi connectivity index (χ1) is 9.49. The highest BCUT2D eigenvalue weighted by Gasteiger charge is 2.34. The van der Waals surface area contributed by atoms with Gasteiger partial charge in [0.25, 0.3) is 11.8 Å². The molecule has 1 aliphatic rings. The van der Waals surface area contributed by atoms with E-state index in [-0.39, 0.29) is 18.4 Å². The summed E-state index contributed by atoms with van der Waals surface area (Å²) in [5.74, 6) is 0.253. The summed E-state index contributed by atoms with van der Waals surface area (Å²) in [5.41, 5.74) is 2.70. The number of imide groups is 1. The van der Waals surface area contributed by atoms with E-state index >= 15 is 0 Å². The van der Waals surface area contributed by atoms with Crippen LogP contribution in [-0.2, 0) is 16.1 Å². The minimum atomic E-state index is -0.282. The van der Waals surface area contributed by atoms with Crippen LogP contribution in [0.5, 0.6) is 5.75 Å². The number of aryl methyl sites for hydroxylation is 1. The van der Waals surface area contributed by atoms with Crippen molar-refractivity contribution in [3.05, 3.63) is 53.1 Å². The molecule has 1 aliphatic heterocycles. The molecule has 1 heterocycles. The molecule has 2 rings (SSSR count). The molecule has 0 saturated carbocycles. The third kappa shape index (κ3) is 2.25. The Labute approximate surface area is 118 Å². The topological polar surface area (TPSA) is 46.6 Å². The largest absolute Gasteiger partial charge is 0.496 e.